The monoisotopic (exact) mass is 276 g/mol. The summed E-state index contributed by atoms with van der Waals surface area (Å²) in [6.07, 6.45) is 5.66. The van der Waals surface area contributed by atoms with Crippen molar-refractivity contribution >= 4 is 5.91 Å². The molecular formula is C15H20N2O3. The van der Waals surface area contributed by atoms with Crippen LogP contribution in [-0.2, 0) is 4.74 Å². The highest BCUT2D eigenvalue weighted by atomic mass is 16.5. The van der Waals surface area contributed by atoms with Crippen LogP contribution in [0, 0.1) is 5.41 Å². The Morgan fingerprint density at radius 1 is 1.20 bits per heavy atom. The van der Waals surface area contributed by atoms with E-state index in [1.807, 2.05) is 4.90 Å². The summed E-state index contributed by atoms with van der Waals surface area (Å²) in [6.45, 7) is 3.30. The van der Waals surface area contributed by atoms with Gasteiger partial charge in [0.25, 0.3) is 5.91 Å². The summed E-state index contributed by atoms with van der Waals surface area (Å²) in [5, 5.41) is 9.22. The molecule has 3 rings (SSSR count). The number of aromatic hydroxyl groups is 1. The van der Waals surface area contributed by atoms with E-state index >= 15 is 0 Å². The summed E-state index contributed by atoms with van der Waals surface area (Å²) in [7, 11) is 0. The van der Waals surface area contributed by atoms with Gasteiger partial charge in [-0.25, -0.2) is 4.98 Å². The summed E-state index contributed by atoms with van der Waals surface area (Å²) >= 11 is 0. The van der Waals surface area contributed by atoms with Crippen LogP contribution in [0.1, 0.15) is 36.2 Å². The fraction of sp³-hybridized carbons (Fsp3) is 0.600. The number of amides is 1. The molecule has 0 saturated carbocycles. The van der Waals surface area contributed by atoms with Crippen LogP contribution < -0.4 is 0 Å². The van der Waals surface area contributed by atoms with Crippen LogP contribution in [0.4, 0.5) is 0 Å². The number of likely N-dealkylation sites (tertiary alicyclic amines) is 1. The molecule has 1 aromatic heterocycles. The average Bonchev–Trinajstić information content (AvgIpc) is 2.49. The predicted octanol–water partition coefficient (Wildman–Crippen LogP) is 1.82. The number of nitrogens with zero attached hydrogens (tertiary/aromatic N) is 2. The third-order valence-corrected chi connectivity index (χ3v) is 4.63. The lowest BCUT2D eigenvalue weighted by Crippen LogP contribution is -2.45. The minimum absolute atomic E-state index is 0.0353. The molecule has 0 aliphatic carbocycles. The van der Waals surface area contributed by atoms with Gasteiger partial charge in [-0.05, 0) is 43.2 Å². The third kappa shape index (κ3) is 2.63. The maximum absolute atomic E-state index is 12.3. The van der Waals surface area contributed by atoms with Gasteiger partial charge in [-0.15, -0.1) is 0 Å². The molecule has 1 N–H and O–H groups in total. The molecule has 1 spiro atoms. The fourth-order valence-corrected chi connectivity index (χ4v) is 3.16. The Labute approximate surface area is 118 Å². The number of hydrogen-bond acceptors (Lipinski definition) is 4. The molecule has 0 aromatic carbocycles. The van der Waals surface area contributed by atoms with Crippen molar-refractivity contribution in [1.82, 2.24) is 9.88 Å². The number of aromatic nitrogens is 1. The fourth-order valence-electron chi connectivity index (χ4n) is 3.16. The molecule has 0 bridgehead atoms. The van der Waals surface area contributed by atoms with Gasteiger partial charge < -0.3 is 14.7 Å². The molecule has 2 fully saturated rings. The van der Waals surface area contributed by atoms with E-state index in [1.54, 1.807) is 6.07 Å². The van der Waals surface area contributed by atoms with E-state index in [0.717, 1.165) is 52.0 Å². The lowest BCUT2D eigenvalue weighted by molar-refractivity contribution is -0.0176. The first-order valence-corrected chi connectivity index (χ1v) is 7.21. The lowest BCUT2D eigenvalue weighted by atomic mass is 9.72. The largest absolute Gasteiger partial charge is 0.506 e. The molecule has 2 saturated heterocycles. The quantitative estimate of drug-likeness (QED) is 0.850. The van der Waals surface area contributed by atoms with E-state index < -0.39 is 0 Å². The maximum atomic E-state index is 12.3. The molecule has 5 heteroatoms. The number of carbonyl (C=O) groups is 1. The molecule has 2 aliphatic heterocycles. The zero-order valence-electron chi connectivity index (χ0n) is 11.5. The molecule has 0 unspecified atom stereocenters. The van der Waals surface area contributed by atoms with Crippen molar-refractivity contribution < 1.29 is 14.6 Å². The summed E-state index contributed by atoms with van der Waals surface area (Å²) in [4.78, 5) is 18.2. The number of piperidine rings is 1. The second kappa shape index (κ2) is 5.40. The predicted molar refractivity (Wildman–Crippen MR) is 73.5 cm³/mol. The number of carbonyl (C=O) groups excluding carboxylic acids is 1. The second-order valence-electron chi connectivity index (χ2n) is 5.81. The average molecular weight is 276 g/mol. The maximum Gasteiger partial charge on any atom is 0.272 e. The Balaban J connectivity index is 1.62. The topological polar surface area (TPSA) is 62.7 Å². The highest BCUT2D eigenvalue weighted by Gasteiger charge is 2.37. The molecule has 1 aromatic rings. The number of ether oxygens (including phenoxy) is 1. The minimum Gasteiger partial charge on any atom is -0.506 e. The Bertz CT molecular complexity index is 470. The Kier molecular flexibility index (Phi) is 3.61. The summed E-state index contributed by atoms with van der Waals surface area (Å²) in [5.74, 6) is 0.0493. The van der Waals surface area contributed by atoms with Crippen molar-refractivity contribution in [2.24, 2.45) is 5.41 Å². The van der Waals surface area contributed by atoms with Gasteiger partial charge in [-0.3, -0.25) is 4.79 Å². The molecule has 1 amide bonds. The van der Waals surface area contributed by atoms with Crippen LogP contribution in [0.25, 0.3) is 0 Å². The SMILES string of the molecule is O=C(c1ccc(O)cn1)N1CCC2(CCOCC2)CC1. The second-order valence-corrected chi connectivity index (χ2v) is 5.81. The highest BCUT2D eigenvalue weighted by Crippen LogP contribution is 2.40. The van der Waals surface area contributed by atoms with Gasteiger partial charge in [-0.2, -0.15) is 0 Å². The number of pyridine rings is 1. The van der Waals surface area contributed by atoms with Gasteiger partial charge in [0.05, 0.1) is 6.20 Å². The van der Waals surface area contributed by atoms with Crippen LogP contribution in [0.5, 0.6) is 5.75 Å². The summed E-state index contributed by atoms with van der Waals surface area (Å²) in [5.41, 5.74) is 0.794. The zero-order valence-corrected chi connectivity index (χ0v) is 11.5. The standard InChI is InChI=1S/C15H20N2O3/c18-12-1-2-13(16-11-12)14(19)17-7-3-15(4-8-17)5-9-20-10-6-15/h1-2,11,18H,3-10H2. The van der Waals surface area contributed by atoms with Gasteiger partial charge in [0.1, 0.15) is 11.4 Å². The first kappa shape index (κ1) is 13.4. The van der Waals surface area contributed by atoms with Gasteiger partial charge in [-0.1, -0.05) is 0 Å². The van der Waals surface area contributed by atoms with Crippen molar-refractivity contribution in [2.75, 3.05) is 26.3 Å². The van der Waals surface area contributed by atoms with Crippen molar-refractivity contribution in [3.05, 3.63) is 24.0 Å². The van der Waals surface area contributed by atoms with E-state index in [0.29, 0.717) is 11.1 Å². The van der Waals surface area contributed by atoms with Gasteiger partial charge in [0.2, 0.25) is 0 Å². The highest BCUT2D eigenvalue weighted by molar-refractivity contribution is 5.92. The van der Waals surface area contributed by atoms with Crippen LogP contribution in [-0.4, -0.2) is 47.2 Å². The van der Waals surface area contributed by atoms with Crippen molar-refractivity contribution in [2.45, 2.75) is 25.7 Å². The molecule has 20 heavy (non-hydrogen) atoms. The summed E-state index contributed by atoms with van der Waals surface area (Å²) in [6, 6.07) is 3.08. The minimum atomic E-state index is -0.0353. The molecular weight excluding hydrogens is 256 g/mol. The van der Waals surface area contributed by atoms with Gasteiger partial charge in [0, 0.05) is 26.3 Å². The van der Waals surface area contributed by atoms with Crippen LogP contribution >= 0.6 is 0 Å². The van der Waals surface area contributed by atoms with E-state index in [1.165, 1.54) is 12.3 Å². The molecule has 3 heterocycles. The Morgan fingerprint density at radius 3 is 2.50 bits per heavy atom. The molecule has 0 radical (unpaired) electrons. The van der Waals surface area contributed by atoms with Crippen LogP contribution in [0.15, 0.2) is 18.3 Å². The smallest absolute Gasteiger partial charge is 0.272 e. The van der Waals surface area contributed by atoms with Crippen LogP contribution in [0.2, 0.25) is 0 Å². The van der Waals surface area contributed by atoms with E-state index in [4.69, 9.17) is 4.74 Å². The van der Waals surface area contributed by atoms with Gasteiger partial charge in [0.15, 0.2) is 0 Å². The summed E-state index contributed by atoms with van der Waals surface area (Å²) < 4.78 is 5.44. The first-order chi connectivity index (χ1) is 9.69. The number of hydrogen-bond donors (Lipinski definition) is 1. The Morgan fingerprint density at radius 2 is 1.90 bits per heavy atom. The van der Waals surface area contributed by atoms with Crippen LogP contribution in [0.3, 0.4) is 0 Å². The van der Waals surface area contributed by atoms with Crippen molar-refractivity contribution in [3.63, 3.8) is 0 Å². The van der Waals surface area contributed by atoms with Crippen molar-refractivity contribution in [3.8, 4) is 5.75 Å². The first-order valence-electron chi connectivity index (χ1n) is 7.21. The van der Waals surface area contributed by atoms with Crippen molar-refractivity contribution in [1.29, 1.82) is 0 Å². The molecule has 108 valence electrons. The van der Waals surface area contributed by atoms with E-state index in [9.17, 15) is 9.90 Å². The van der Waals surface area contributed by atoms with E-state index in [2.05, 4.69) is 4.98 Å². The van der Waals surface area contributed by atoms with Gasteiger partial charge >= 0.3 is 0 Å². The Hall–Kier alpha value is -1.62. The lowest BCUT2D eigenvalue weighted by Gasteiger charge is -2.44. The zero-order chi connectivity index (χ0) is 14.0. The molecule has 5 nitrogen and oxygen atoms in total. The molecule has 0 atom stereocenters. The third-order valence-electron chi connectivity index (χ3n) is 4.63. The molecule has 2 aliphatic rings. The normalized spacial score (nSPS) is 21.9. The van der Waals surface area contributed by atoms with E-state index in [-0.39, 0.29) is 11.7 Å². The number of rotatable bonds is 1.